The van der Waals surface area contributed by atoms with Crippen LogP contribution in [-0.4, -0.2) is 31.1 Å². The summed E-state index contributed by atoms with van der Waals surface area (Å²) < 4.78 is 5.23. The van der Waals surface area contributed by atoms with E-state index in [0.717, 1.165) is 59.5 Å². The second-order valence-electron chi connectivity index (χ2n) is 7.58. The molecule has 1 amide bonds. The highest BCUT2D eigenvalue weighted by atomic mass is 16.5. The summed E-state index contributed by atoms with van der Waals surface area (Å²) in [7, 11) is 1.63. The highest BCUT2D eigenvalue weighted by Crippen LogP contribution is 2.33. The van der Waals surface area contributed by atoms with Crippen molar-refractivity contribution in [2.24, 2.45) is 5.92 Å². The van der Waals surface area contributed by atoms with E-state index in [9.17, 15) is 10.1 Å². The summed E-state index contributed by atoms with van der Waals surface area (Å²) >= 11 is 0. The standard InChI is InChI=1S/C24H24N4O2/c1-16-13-19(30-2)7-8-21(16)27-24(29)17-9-11-28(12-10-17)23-18(14-25)15-26-22-6-4-3-5-20(22)23/h3-8,13,15,17H,9-12H2,1-2H3,(H,27,29). The van der Waals surface area contributed by atoms with Crippen molar-refractivity contribution in [3.63, 3.8) is 0 Å². The molecule has 30 heavy (non-hydrogen) atoms. The molecule has 0 saturated carbocycles. The van der Waals surface area contributed by atoms with E-state index < -0.39 is 0 Å². The molecule has 0 spiro atoms. The minimum Gasteiger partial charge on any atom is -0.497 e. The number of carbonyl (C=O) groups is 1. The molecule has 2 heterocycles. The zero-order valence-corrected chi connectivity index (χ0v) is 17.2. The van der Waals surface area contributed by atoms with E-state index in [4.69, 9.17) is 4.74 Å². The molecule has 1 aliphatic heterocycles. The second kappa shape index (κ2) is 8.42. The summed E-state index contributed by atoms with van der Waals surface area (Å²) in [6.07, 6.45) is 3.12. The summed E-state index contributed by atoms with van der Waals surface area (Å²) in [5.41, 5.74) is 4.16. The van der Waals surface area contributed by atoms with Crippen LogP contribution in [0.1, 0.15) is 24.0 Å². The Morgan fingerprint density at radius 2 is 2.00 bits per heavy atom. The fourth-order valence-corrected chi connectivity index (χ4v) is 4.05. The maximum Gasteiger partial charge on any atom is 0.227 e. The van der Waals surface area contributed by atoms with Crippen LogP contribution in [-0.2, 0) is 4.79 Å². The number of anilines is 2. The van der Waals surface area contributed by atoms with Gasteiger partial charge in [0.15, 0.2) is 0 Å². The summed E-state index contributed by atoms with van der Waals surface area (Å²) in [6.45, 7) is 3.41. The van der Waals surface area contributed by atoms with Gasteiger partial charge in [0.25, 0.3) is 0 Å². The van der Waals surface area contributed by atoms with E-state index in [1.807, 2.05) is 49.4 Å². The average Bonchev–Trinajstić information content (AvgIpc) is 2.79. The number of carbonyl (C=O) groups excluding carboxylic acids is 1. The number of ether oxygens (including phenoxy) is 1. The number of piperidine rings is 1. The van der Waals surface area contributed by atoms with E-state index in [1.54, 1.807) is 13.3 Å². The number of hydrogen-bond donors (Lipinski definition) is 1. The molecular formula is C24H24N4O2. The van der Waals surface area contributed by atoms with Crippen molar-refractivity contribution in [1.29, 1.82) is 5.26 Å². The van der Waals surface area contributed by atoms with E-state index in [0.29, 0.717) is 5.56 Å². The number of fused-ring (bicyclic) bond motifs is 1. The number of benzene rings is 2. The van der Waals surface area contributed by atoms with Crippen LogP contribution in [0.5, 0.6) is 5.75 Å². The molecule has 1 fully saturated rings. The number of hydrogen-bond acceptors (Lipinski definition) is 5. The molecule has 0 unspecified atom stereocenters. The first kappa shape index (κ1) is 19.7. The number of rotatable bonds is 4. The predicted molar refractivity (Wildman–Crippen MR) is 118 cm³/mol. The SMILES string of the molecule is COc1ccc(NC(=O)C2CCN(c3c(C#N)cnc4ccccc34)CC2)c(C)c1. The Balaban J connectivity index is 1.48. The Bertz CT molecular complexity index is 1130. The number of nitrogens with zero attached hydrogens (tertiary/aromatic N) is 3. The van der Waals surface area contributed by atoms with Crippen LogP contribution in [0.3, 0.4) is 0 Å². The number of methoxy groups -OCH3 is 1. The molecule has 0 bridgehead atoms. The quantitative estimate of drug-likeness (QED) is 0.707. The van der Waals surface area contributed by atoms with E-state index in [2.05, 4.69) is 21.3 Å². The summed E-state index contributed by atoms with van der Waals surface area (Å²) in [5, 5.41) is 13.6. The largest absolute Gasteiger partial charge is 0.497 e. The second-order valence-corrected chi connectivity index (χ2v) is 7.58. The fourth-order valence-electron chi connectivity index (χ4n) is 4.05. The zero-order chi connectivity index (χ0) is 21.1. The lowest BCUT2D eigenvalue weighted by molar-refractivity contribution is -0.120. The molecule has 4 rings (SSSR count). The number of aromatic nitrogens is 1. The summed E-state index contributed by atoms with van der Waals surface area (Å²) in [6, 6.07) is 15.8. The number of para-hydroxylation sites is 1. The van der Waals surface area contributed by atoms with Gasteiger partial charge < -0.3 is 15.0 Å². The number of nitriles is 1. The first-order valence-corrected chi connectivity index (χ1v) is 10.1. The van der Waals surface area contributed by atoms with Gasteiger partial charge in [0, 0.05) is 36.3 Å². The van der Waals surface area contributed by atoms with Gasteiger partial charge >= 0.3 is 0 Å². The van der Waals surface area contributed by atoms with Crippen LogP contribution in [0.25, 0.3) is 10.9 Å². The van der Waals surface area contributed by atoms with E-state index >= 15 is 0 Å². The first-order chi connectivity index (χ1) is 14.6. The normalized spacial score (nSPS) is 14.4. The molecule has 1 aromatic heterocycles. The molecule has 1 saturated heterocycles. The molecule has 0 atom stereocenters. The molecule has 2 aromatic carbocycles. The third-order valence-corrected chi connectivity index (χ3v) is 5.74. The summed E-state index contributed by atoms with van der Waals surface area (Å²) in [4.78, 5) is 19.4. The minimum absolute atomic E-state index is 0.0445. The smallest absolute Gasteiger partial charge is 0.227 e. The van der Waals surface area contributed by atoms with Crippen molar-refractivity contribution in [2.45, 2.75) is 19.8 Å². The van der Waals surface area contributed by atoms with Crippen LogP contribution in [0.4, 0.5) is 11.4 Å². The molecule has 1 aliphatic rings. The zero-order valence-electron chi connectivity index (χ0n) is 17.2. The van der Waals surface area contributed by atoms with Crippen molar-refractivity contribution in [2.75, 3.05) is 30.4 Å². The lowest BCUT2D eigenvalue weighted by Gasteiger charge is -2.34. The van der Waals surface area contributed by atoms with Crippen LogP contribution in [0, 0.1) is 24.2 Å². The van der Waals surface area contributed by atoms with Crippen molar-refractivity contribution in [1.82, 2.24) is 4.98 Å². The van der Waals surface area contributed by atoms with E-state index in [-0.39, 0.29) is 11.8 Å². The van der Waals surface area contributed by atoms with Gasteiger partial charge in [0.05, 0.1) is 23.9 Å². The fraction of sp³-hybridized carbons (Fsp3) is 0.292. The van der Waals surface area contributed by atoms with Crippen molar-refractivity contribution >= 4 is 28.2 Å². The van der Waals surface area contributed by atoms with Gasteiger partial charge in [-0.3, -0.25) is 9.78 Å². The lowest BCUT2D eigenvalue weighted by Crippen LogP contribution is -2.38. The topological polar surface area (TPSA) is 78.2 Å². The maximum absolute atomic E-state index is 12.8. The van der Waals surface area contributed by atoms with Crippen LogP contribution >= 0.6 is 0 Å². The molecule has 6 heteroatoms. The lowest BCUT2D eigenvalue weighted by atomic mass is 9.94. The van der Waals surface area contributed by atoms with Gasteiger partial charge in [-0.05, 0) is 49.6 Å². The minimum atomic E-state index is -0.0543. The average molecular weight is 400 g/mol. The van der Waals surface area contributed by atoms with Crippen LogP contribution < -0.4 is 15.0 Å². The van der Waals surface area contributed by atoms with Crippen molar-refractivity contribution < 1.29 is 9.53 Å². The number of pyridine rings is 1. The third-order valence-electron chi connectivity index (χ3n) is 5.74. The van der Waals surface area contributed by atoms with Gasteiger partial charge in [0.2, 0.25) is 5.91 Å². The molecule has 1 N–H and O–H groups in total. The Morgan fingerprint density at radius 1 is 1.23 bits per heavy atom. The number of aryl methyl sites for hydroxylation is 1. The van der Waals surface area contributed by atoms with Crippen molar-refractivity contribution in [3.05, 3.63) is 59.8 Å². The molecular weight excluding hydrogens is 376 g/mol. The first-order valence-electron chi connectivity index (χ1n) is 10.1. The molecule has 0 aliphatic carbocycles. The number of amides is 1. The van der Waals surface area contributed by atoms with Gasteiger partial charge in [-0.2, -0.15) is 5.26 Å². The van der Waals surface area contributed by atoms with Crippen LogP contribution in [0.2, 0.25) is 0 Å². The predicted octanol–water partition coefficient (Wildman–Crippen LogP) is 4.28. The van der Waals surface area contributed by atoms with Gasteiger partial charge in [-0.15, -0.1) is 0 Å². The van der Waals surface area contributed by atoms with Crippen LogP contribution in [0.15, 0.2) is 48.7 Å². The molecule has 0 radical (unpaired) electrons. The third kappa shape index (κ3) is 3.79. The van der Waals surface area contributed by atoms with Gasteiger partial charge in [0.1, 0.15) is 11.8 Å². The highest BCUT2D eigenvalue weighted by molar-refractivity contribution is 5.95. The Labute approximate surface area is 176 Å². The van der Waals surface area contributed by atoms with E-state index in [1.165, 1.54) is 0 Å². The highest BCUT2D eigenvalue weighted by Gasteiger charge is 2.27. The Kier molecular flexibility index (Phi) is 5.53. The molecule has 152 valence electrons. The number of nitrogens with one attached hydrogen (secondary N) is 1. The molecule has 6 nitrogen and oxygen atoms in total. The maximum atomic E-state index is 12.8. The molecule has 3 aromatic rings. The van der Waals surface area contributed by atoms with Crippen molar-refractivity contribution in [3.8, 4) is 11.8 Å². The summed E-state index contributed by atoms with van der Waals surface area (Å²) in [5.74, 6) is 0.765. The Hall–Kier alpha value is -3.59. The van der Waals surface area contributed by atoms with Gasteiger partial charge in [-0.1, -0.05) is 18.2 Å². The Morgan fingerprint density at radius 3 is 2.70 bits per heavy atom. The monoisotopic (exact) mass is 400 g/mol. The van der Waals surface area contributed by atoms with Gasteiger partial charge in [-0.25, -0.2) is 0 Å².